The Bertz CT molecular complexity index is 729. The van der Waals surface area contributed by atoms with E-state index in [4.69, 9.17) is 0 Å². The molecule has 3 rings (SSSR count). The Morgan fingerprint density at radius 2 is 0.962 bits per heavy atom. The number of benzene rings is 3. The summed E-state index contributed by atoms with van der Waals surface area (Å²) >= 11 is 0. The highest BCUT2D eigenvalue weighted by molar-refractivity contribution is 6.50. The van der Waals surface area contributed by atoms with Crippen molar-refractivity contribution in [2.75, 3.05) is 0 Å². The second kappa shape index (κ2) is 9.20. The molecule has 0 radical (unpaired) electrons. The number of halogens is 4. The van der Waals surface area contributed by atoms with Gasteiger partial charge in [0.15, 0.2) is 0 Å². The van der Waals surface area contributed by atoms with E-state index in [0.29, 0.717) is 0 Å². The molecule has 0 heterocycles. The fraction of sp³-hybridized carbons (Fsp3) is 0.100. The highest BCUT2D eigenvalue weighted by Gasteiger charge is 2.20. The summed E-state index contributed by atoms with van der Waals surface area (Å²) in [5.74, 6) is 0. The number of quaternary nitrogens is 1. The molecule has 0 amide bonds. The monoisotopic (exact) mass is 361 g/mol. The summed E-state index contributed by atoms with van der Waals surface area (Å²) in [5, 5.41) is 0. The SMILES string of the molecule is CCc1ccc([NH+](c2ccccc2)c2ccccc2)cc1.F[B-](F)(F)F. The van der Waals surface area contributed by atoms with E-state index in [1.54, 1.807) is 0 Å². The topological polar surface area (TPSA) is 4.44 Å². The summed E-state index contributed by atoms with van der Waals surface area (Å²) < 4.78 is 39.0. The molecule has 0 unspecified atom stereocenters. The molecule has 136 valence electrons. The molecule has 0 saturated carbocycles. The summed E-state index contributed by atoms with van der Waals surface area (Å²) in [5.41, 5.74) is 5.16. The highest BCUT2D eigenvalue weighted by Crippen LogP contribution is 2.15. The van der Waals surface area contributed by atoms with Gasteiger partial charge in [0, 0.05) is 12.1 Å². The number of hydrogen-bond acceptors (Lipinski definition) is 0. The number of para-hydroxylation sites is 2. The van der Waals surface area contributed by atoms with Crippen LogP contribution in [-0.4, -0.2) is 7.25 Å². The first-order valence-electron chi connectivity index (χ1n) is 8.33. The molecule has 6 heteroatoms. The zero-order valence-corrected chi connectivity index (χ0v) is 14.4. The third kappa shape index (κ3) is 6.37. The minimum Gasteiger partial charge on any atom is -0.418 e. The summed E-state index contributed by atoms with van der Waals surface area (Å²) in [7, 11) is -6.00. The highest BCUT2D eigenvalue weighted by atomic mass is 19.5. The molecule has 1 nitrogen and oxygen atoms in total. The van der Waals surface area contributed by atoms with Gasteiger partial charge in [-0.2, -0.15) is 0 Å². The van der Waals surface area contributed by atoms with E-state index in [1.165, 1.54) is 27.5 Å². The van der Waals surface area contributed by atoms with Crippen LogP contribution >= 0.6 is 0 Å². The average Bonchev–Trinajstić information content (AvgIpc) is 2.63. The standard InChI is InChI=1S/C20H19N.BF4/c1-2-17-13-15-20(16-14-17)21(18-9-5-3-6-10-18)19-11-7-4-8-12-19;2-1(3,4)5/h3-16H,2H2,1H3;/q;-1/p+1. The maximum atomic E-state index is 9.75. The van der Waals surface area contributed by atoms with Gasteiger partial charge in [-0.25, -0.2) is 4.90 Å². The molecule has 0 aliphatic heterocycles. The third-order valence-electron chi connectivity index (χ3n) is 3.78. The predicted molar refractivity (Wildman–Crippen MR) is 98.8 cm³/mol. The molecular weight excluding hydrogens is 341 g/mol. The second-order valence-corrected chi connectivity index (χ2v) is 5.65. The molecule has 0 spiro atoms. The van der Waals surface area contributed by atoms with Crippen LogP contribution in [0.1, 0.15) is 12.5 Å². The second-order valence-electron chi connectivity index (χ2n) is 5.65. The molecule has 0 aliphatic carbocycles. The lowest BCUT2D eigenvalue weighted by Gasteiger charge is -2.18. The fourth-order valence-electron chi connectivity index (χ4n) is 2.62. The molecule has 0 aliphatic rings. The Hall–Kier alpha value is -2.60. The van der Waals surface area contributed by atoms with Crippen molar-refractivity contribution in [1.29, 1.82) is 0 Å². The zero-order chi connectivity index (χ0) is 19.0. The van der Waals surface area contributed by atoms with Crippen molar-refractivity contribution in [2.24, 2.45) is 0 Å². The molecule has 0 aromatic heterocycles. The van der Waals surface area contributed by atoms with Gasteiger partial charge in [-0.1, -0.05) is 55.5 Å². The lowest BCUT2D eigenvalue weighted by atomic mass is 10.1. The van der Waals surface area contributed by atoms with Crippen LogP contribution in [0.3, 0.4) is 0 Å². The van der Waals surface area contributed by atoms with E-state index in [9.17, 15) is 17.3 Å². The molecule has 0 bridgehead atoms. The lowest BCUT2D eigenvalue weighted by molar-refractivity contribution is -0.681. The first-order valence-corrected chi connectivity index (χ1v) is 8.33. The van der Waals surface area contributed by atoms with Gasteiger partial charge in [0.25, 0.3) is 0 Å². The predicted octanol–water partition coefficient (Wildman–Crippen LogP) is 5.73. The normalized spacial score (nSPS) is 11.0. The molecular formula is C20H20BF4N. The van der Waals surface area contributed by atoms with Crippen LogP contribution in [0.2, 0.25) is 0 Å². The van der Waals surface area contributed by atoms with Gasteiger partial charge in [0.2, 0.25) is 0 Å². The van der Waals surface area contributed by atoms with Crippen molar-refractivity contribution >= 4 is 24.3 Å². The minimum atomic E-state index is -6.00. The van der Waals surface area contributed by atoms with Gasteiger partial charge >= 0.3 is 7.25 Å². The van der Waals surface area contributed by atoms with E-state index in [0.717, 1.165) is 6.42 Å². The van der Waals surface area contributed by atoms with E-state index in [2.05, 4.69) is 91.9 Å². The number of nitrogens with one attached hydrogen (secondary N) is 1. The molecule has 3 aromatic carbocycles. The van der Waals surface area contributed by atoms with Crippen molar-refractivity contribution in [2.45, 2.75) is 13.3 Å². The molecule has 0 saturated heterocycles. The number of aryl methyl sites for hydroxylation is 1. The molecule has 26 heavy (non-hydrogen) atoms. The van der Waals surface area contributed by atoms with Crippen molar-refractivity contribution in [3.63, 3.8) is 0 Å². The van der Waals surface area contributed by atoms with E-state index < -0.39 is 7.25 Å². The summed E-state index contributed by atoms with van der Waals surface area (Å²) in [6.07, 6.45) is 1.08. The van der Waals surface area contributed by atoms with Crippen LogP contribution in [0.15, 0.2) is 84.9 Å². The van der Waals surface area contributed by atoms with E-state index >= 15 is 0 Å². The Balaban J connectivity index is 0.000000431. The first-order chi connectivity index (χ1) is 12.4. The summed E-state index contributed by atoms with van der Waals surface area (Å²) in [6.45, 7) is 2.19. The van der Waals surface area contributed by atoms with Gasteiger partial charge in [-0.15, -0.1) is 0 Å². The minimum absolute atomic E-state index is 1.08. The largest absolute Gasteiger partial charge is 0.673 e. The third-order valence-corrected chi connectivity index (χ3v) is 3.78. The Morgan fingerprint density at radius 3 is 1.31 bits per heavy atom. The molecule has 0 atom stereocenters. The van der Waals surface area contributed by atoms with Crippen LogP contribution in [0, 0.1) is 0 Å². The van der Waals surface area contributed by atoms with Gasteiger partial charge in [-0.3, -0.25) is 0 Å². The average molecular weight is 361 g/mol. The summed E-state index contributed by atoms with van der Waals surface area (Å²) in [6, 6.07) is 30.1. The van der Waals surface area contributed by atoms with Crippen molar-refractivity contribution < 1.29 is 22.2 Å². The van der Waals surface area contributed by atoms with Gasteiger partial charge in [0.1, 0.15) is 17.1 Å². The molecule has 1 N–H and O–H groups in total. The molecule has 3 aromatic rings. The smallest absolute Gasteiger partial charge is 0.418 e. The maximum Gasteiger partial charge on any atom is 0.673 e. The first kappa shape index (κ1) is 19.7. The Morgan fingerprint density at radius 1 is 0.615 bits per heavy atom. The van der Waals surface area contributed by atoms with Crippen LogP contribution in [0.25, 0.3) is 0 Å². The molecule has 0 fully saturated rings. The Kier molecular flexibility index (Phi) is 6.98. The van der Waals surface area contributed by atoms with E-state index in [-0.39, 0.29) is 0 Å². The van der Waals surface area contributed by atoms with Gasteiger partial charge in [0.05, 0.1) is 0 Å². The van der Waals surface area contributed by atoms with Gasteiger partial charge in [-0.05, 0) is 36.2 Å². The lowest BCUT2D eigenvalue weighted by Crippen LogP contribution is -2.96. The van der Waals surface area contributed by atoms with Crippen LogP contribution in [0.5, 0.6) is 0 Å². The quantitative estimate of drug-likeness (QED) is 0.447. The van der Waals surface area contributed by atoms with Crippen molar-refractivity contribution in [3.05, 3.63) is 90.5 Å². The maximum absolute atomic E-state index is 9.75. The van der Waals surface area contributed by atoms with Gasteiger partial charge < -0.3 is 17.3 Å². The van der Waals surface area contributed by atoms with Crippen LogP contribution < -0.4 is 4.90 Å². The number of hydrogen-bond donors (Lipinski definition) is 1. The Labute approximate surface area is 151 Å². The number of rotatable bonds is 4. The zero-order valence-electron chi connectivity index (χ0n) is 14.4. The van der Waals surface area contributed by atoms with E-state index in [1.807, 2.05) is 0 Å². The van der Waals surface area contributed by atoms with Crippen molar-refractivity contribution in [1.82, 2.24) is 0 Å². The van der Waals surface area contributed by atoms with Crippen LogP contribution in [-0.2, 0) is 6.42 Å². The summed E-state index contributed by atoms with van der Waals surface area (Å²) in [4.78, 5) is 1.29. The van der Waals surface area contributed by atoms with Crippen molar-refractivity contribution in [3.8, 4) is 0 Å². The fourth-order valence-corrected chi connectivity index (χ4v) is 2.62. The van der Waals surface area contributed by atoms with Crippen LogP contribution in [0.4, 0.5) is 34.3 Å².